The zero-order valence-corrected chi connectivity index (χ0v) is 19.0. The highest BCUT2D eigenvalue weighted by atomic mass is 16.1. The number of aromatic nitrogens is 4. The highest BCUT2D eigenvalue weighted by Gasteiger charge is 2.31. The lowest BCUT2D eigenvalue weighted by molar-refractivity contribution is -0.116. The zero-order chi connectivity index (χ0) is 22.1. The topological polar surface area (TPSA) is 79.2 Å². The molecule has 0 spiro atoms. The Kier molecular flexibility index (Phi) is 5.95. The number of hydrogen-bond donors (Lipinski definition) is 1. The first-order chi connectivity index (χ1) is 15.6. The summed E-state index contributed by atoms with van der Waals surface area (Å²) < 4.78 is 2.36. The fraction of sp³-hybridized carbons (Fsp3) is 0.583. The molecule has 0 unspecified atom stereocenters. The average molecular weight is 436 g/mol. The van der Waals surface area contributed by atoms with E-state index in [0.29, 0.717) is 18.2 Å². The van der Waals surface area contributed by atoms with Gasteiger partial charge in [-0.05, 0) is 50.8 Å². The molecule has 0 bridgehead atoms. The third-order valence-corrected chi connectivity index (χ3v) is 7.16. The summed E-state index contributed by atoms with van der Waals surface area (Å²) in [5.74, 6) is 3.45. The van der Waals surface area contributed by atoms with E-state index in [1.165, 1.54) is 31.8 Å². The van der Waals surface area contributed by atoms with Gasteiger partial charge in [-0.25, -0.2) is 15.0 Å². The number of nitrogens with one attached hydrogen (secondary N) is 1. The minimum atomic E-state index is 0.0344. The van der Waals surface area contributed by atoms with E-state index in [-0.39, 0.29) is 11.8 Å². The maximum absolute atomic E-state index is 11.9. The van der Waals surface area contributed by atoms with Crippen LogP contribution in [0.25, 0.3) is 6.08 Å². The number of piperidine rings is 1. The third kappa shape index (κ3) is 4.16. The van der Waals surface area contributed by atoms with Crippen LogP contribution in [0, 0.1) is 0 Å². The Morgan fingerprint density at radius 3 is 2.69 bits per heavy atom. The molecule has 0 radical (unpaired) electrons. The highest BCUT2D eigenvalue weighted by molar-refractivity contribution is 5.94. The van der Waals surface area contributed by atoms with Crippen molar-refractivity contribution in [2.45, 2.75) is 57.4 Å². The molecule has 3 aliphatic heterocycles. The normalized spacial score (nSPS) is 22.1. The lowest BCUT2D eigenvalue weighted by Crippen LogP contribution is -2.36. The number of imidazole rings is 1. The van der Waals surface area contributed by atoms with Crippen LogP contribution in [0.15, 0.2) is 19.1 Å². The van der Waals surface area contributed by atoms with Crippen molar-refractivity contribution in [3.05, 3.63) is 36.2 Å². The molecule has 1 amide bonds. The van der Waals surface area contributed by atoms with Gasteiger partial charge in [0.1, 0.15) is 23.8 Å². The van der Waals surface area contributed by atoms with Crippen LogP contribution in [0.2, 0.25) is 0 Å². The molecule has 0 aromatic carbocycles. The van der Waals surface area contributed by atoms with E-state index >= 15 is 0 Å². The van der Waals surface area contributed by atoms with Gasteiger partial charge in [-0.1, -0.05) is 13.5 Å². The molecular formula is C24H33N7O. The largest absolute Gasteiger partial charge is 0.356 e. The predicted molar refractivity (Wildman–Crippen MR) is 126 cm³/mol. The first kappa shape index (κ1) is 21.1. The lowest BCUT2D eigenvalue weighted by atomic mass is 9.92. The molecule has 1 atom stereocenters. The van der Waals surface area contributed by atoms with Crippen molar-refractivity contribution < 1.29 is 4.79 Å². The van der Waals surface area contributed by atoms with E-state index < -0.39 is 0 Å². The minimum absolute atomic E-state index is 0.0344. The van der Waals surface area contributed by atoms with Crippen molar-refractivity contribution in [2.75, 3.05) is 42.9 Å². The second-order valence-electron chi connectivity index (χ2n) is 9.34. The van der Waals surface area contributed by atoms with Gasteiger partial charge < -0.3 is 19.7 Å². The summed E-state index contributed by atoms with van der Waals surface area (Å²) in [5.41, 5.74) is 2.05. The number of carbonyl (C=O) groups is 1. The first-order valence-electron chi connectivity index (χ1n) is 11.9. The van der Waals surface area contributed by atoms with Gasteiger partial charge in [0.05, 0.1) is 5.69 Å². The van der Waals surface area contributed by atoms with Crippen LogP contribution in [0.1, 0.15) is 67.9 Å². The molecule has 5 rings (SSSR count). The van der Waals surface area contributed by atoms with Crippen LogP contribution in [0.5, 0.6) is 0 Å². The number of fused-ring (bicyclic) bond motifs is 1. The summed E-state index contributed by atoms with van der Waals surface area (Å²) in [6.07, 6.45) is 10.8. The number of nitrogens with zero attached hydrogens (tertiary/aromatic N) is 6. The molecule has 170 valence electrons. The van der Waals surface area contributed by atoms with Gasteiger partial charge in [0.25, 0.3) is 0 Å². The Balaban J connectivity index is 1.29. The van der Waals surface area contributed by atoms with Crippen LogP contribution < -0.4 is 10.2 Å². The van der Waals surface area contributed by atoms with Crippen LogP contribution in [0.3, 0.4) is 0 Å². The molecule has 2 fully saturated rings. The monoisotopic (exact) mass is 435 g/mol. The summed E-state index contributed by atoms with van der Waals surface area (Å²) in [5, 5.41) is 2.91. The molecule has 32 heavy (non-hydrogen) atoms. The van der Waals surface area contributed by atoms with E-state index in [9.17, 15) is 4.79 Å². The molecule has 3 aliphatic rings. The minimum Gasteiger partial charge on any atom is -0.356 e. The molecule has 5 heterocycles. The highest BCUT2D eigenvalue weighted by Crippen LogP contribution is 2.38. The number of amides is 1. The number of carbonyl (C=O) groups excluding carboxylic acids is 1. The van der Waals surface area contributed by atoms with E-state index in [0.717, 1.165) is 56.1 Å². The number of anilines is 2. The van der Waals surface area contributed by atoms with Crippen molar-refractivity contribution in [3.63, 3.8) is 0 Å². The first-order valence-corrected chi connectivity index (χ1v) is 11.9. The van der Waals surface area contributed by atoms with E-state index in [1.807, 2.05) is 6.08 Å². The summed E-state index contributed by atoms with van der Waals surface area (Å²) in [7, 11) is 0. The maximum atomic E-state index is 11.9. The van der Waals surface area contributed by atoms with Gasteiger partial charge in [-0.3, -0.25) is 4.79 Å². The van der Waals surface area contributed by atoms with E-state index in [2.05, 4.69) is 49.4 Å². The smallest absolute Gasteiger partial charge is 0.226 e. The Bertz CT molecular complexity index is 986. The van der Waals surface area contributed by atoms with Gasteiger partial charge in [0.15, 0.2) is 0 Å². The van der Waals surface area contributed by atoms with Crippen molar-refractivity contribution in [3.8, 4) is 0 Å². The van der Waals surface area contributed by atoms with Crippen molar-refractivity contribution in [1.82, 2.24) is 24.4 Å². The Morgan fingerprint density at radius 1 is 1.16 bits per heavy atom. The fourth-order valence-electron chi connectivity index (χ4n) is 5.41. The van der Waals surface area contributed by atoms with Crippen LogP contribution in [0.4, 0.5) is 11.6 Å². The van der Waals surface area contributed by atoms with Gasteiger partial charge in [-0.2, -0.15) is 0 Å². The molecule has 2 aromatic rings. The Morgan fingerprint density at radius 2 is 1.94 bits per heavy atom. The molecule has 0 aliphatic carbocycles. The van der Waals surface area contributed by atoms with Crippen LogP contribution >= 0.6 is 0 Å². The SMILES string of the molecule is C=Cc1cn(CCN2CCCC2)c(C2CCN(c3ncnc4c3[C@H](C)CC(=O)N4)CC2)n1. The summed E-state index contributed by atoms with van der Waals surface area (Å²) in [4.78, 5) is 30.7. The van der Waals surface area contributed by atoms with Crippen LogP contribution in [-0.2, 0) is 11.3 Å². The van der Waals surface area contributed by atoms with Gasteiger partial charge in [0.2, 0.25) is 5.91 Å². The molecule has 0 saturated carbocycles. The number of rotatable bonds is 6. The predicted octanol–water partition coefficient (Wildman–Crippen LogP) is 3.24. The molecule has 2 aromatic heterocycles. The third-order valence-electron chi connectivity index (χ3n) is 7.16. The van der Waals surface area contributed by atoms with Crippen molar-refractivity contribution in [1.29, 1.82) is 0 Å². The second-order valence-corrected chi connectivity index (χ2v) is 9.34. The Hall–Kier alpha value is -2.74. The maximum Gasteiger partial charge on any atom is 0.226 e. The van der Waals surface area contributed by atoms with Crippen molar-refractivity contribution in [2.24, 2.45) is 0 Å². The average Bonchev–Trinajstić information content (AvgIpc) is 3.47. The molecule has 1 N–H and O–H groups in total. The molecule has 8 heteroatoms. The standard InChI is InChI=1S/C24H33N7O/c1-3-19-15-31(13-12-29-8-4-5-9-29)23(27-19)18-6-10-30(11-7-18)24-21-17(2)14-20(32)28-22(21)25-16-26-24/h3,15-18H,1,4-14H2,2H3,(H,25,26,28,32)/t17-/m1/s1. The Labute approximate surface area is 189 Å². The zero-order valence-electron chi connectivity index (χ0n) is 19.0. The van der Waals surface area contributed by atoms with E-state index in [4.69, 9.17) is 4.98 Å². The summed E-state index contributed by atoms with van der Waals surface area (Å²) >= 11 is 0. The molecule has 8 nitrogen and oxygen atoms in total. The summed E-state index contributed by atoms with van der Waals surface area (Å²) in [6, 6.07) is 0. The van der Waals surface area contributed by atoms with Gasteiger partial charge in [-0.15, -0.1) is 0 Å². The van der Waals surface area contributed by atoms with Gasteiger partial charge >= 0.3 is 0 Å². The number of likely N-dealkylation sites (tertiary alicyclic amines) is 1. The summed E-state index contributed by atoms with van der Waals surface area (Å²) in [6.45, 7) is 12.4. The van der Waals surface area contributed by atoms with Gasteiger partial charge in [0, 0.05) is 50.3 Å². The quantitative estimate of drug-likeness (QED) is 0.750. The number of hydrogen-bond acceptors (Lipinski definition) is 6. The van der Waals surface area contributed by atoms with Crippen molar-refractivity contribution >= 4 is 23.6 Å². The van der Waals surface area contributed by atoms with E-state index in [1.54, 1.807) is 6.33 Å². The molecular weight excluding hydrogens is 402 g/mol. The second kappa shape index (κ2) is 9.02. The lowest BCUT2D eigenvalue weighted by Gasteiger charge is -2.35. The fourth-order valence-corrected chi connectivity index (χ4v) is 5.41. The van der Waals surface area contributed by atoms with Crippen LogP contribution in [-0.4, -0.2) is 63.0 Å². The molecule has 2 saturated heterocycles.